The molecule has 0 fully saturated rings. The van der Waals surface area contributed by atoms with Crippen LogP contribution in [-0.2, 0) is 9.59 Å². The molecule has 0 spiro atoms. The van der Waals surface area contributed by atoms with Gasteiger partial charge >= 0.3 is 0 Å². The Bertz CT molecular complexity index is 888. The van der Waals surface area contributed by atoms with Crippen LogP contribution in [0.2, 0.25) is 0 Å². The monoisotopic (exact) mass is 318 g/mol. The third-order valence-electron chi connectivity index (χ3n) is 3.70. The van der Waals surface area contributed by atoms with Crippen LogP contribution < -0.4 is 0 Å². The number of allylic oxidation sites excluding steroid dienone is 3. The molecule has 0 aliphatic heterocycles. The standard InChI is InChI=1S/C20H14O4/c21-17-15(12-11-13-7-3-1-4-8-13)18(22)20(24)16(19(17)23)14-9-5-2-6-10-14/h1-12,21,24H/b12-11+. The average molecular weight is 318 g/mol. The molecular weight excluding hydrogens is 304 g/mol. The van der Waals surface area contributed by atoms with Crippen LogP contribution in [-0.4, -0.2) is 21.8 Å². The topological polar surface area (TPSA) is 74.6 Å². The van der Waals surface area contributed by atoms with Crippen molar-refractivity contribution >= 4 is 23.2 Å². The molecule has 0 heterocycles. The van der Waals surface area contributed by atoms with Crippen LogP contribution in [0.4, 0.5) is 0 Å². The van der Waals surface area contributed by atoms with Crippen molar-refractivity contribution in [3.8, 4) is 0 Å². The van der Waals surface area contributed by atoms with E-state index in [9.17, 15) is 19.8 Å². The third kappa shape index (κ3) is 2.77. The van der Waals surface area contributed by atoms with Gasteiger partial charge in [0.1, 0.15) is 0 Å². The van der Waals surface area contributed by atoms with E-state index in [1.165, 1.54) is 6.08 Å². The van der Waals surface area contributed by atoms with Gasteiger partial charge < -0.3 is 10.2 Å². The van der Waals surface area contributed by atoms with Crippen molar-refractivity contribution in [2.75, 3.05) is 0 Å². The Morgan fingerprint density at radius 1 is 0.667 bits per heavy atom. The first-order valence-electron chi connectivity index (χ1n) is 7.34. The molecule has 0 amide bonds. The minimum atomic E-state index is -0.780. The lowest BCUT2D eigenvalue weighted by Gasteiger charge is -2.16. The van der Waals surface area contributed by atoms with Gasteiger partial charge in [-0.05, 0) is 17.2 Å². The van der Waals surface area contributed by atoms with Crippen molar-refractivity contribution in [2.45, 2.75) is 0 Å². The molecule has 0 saturated carbocycles. The van der Waals surface area contributed by atoms with Gasteiger partial charge in [-0.2, -0.15) is 0 Å². The fraction of sp³-hybridized carbons (Fsp3) is 0. The summed E-state index contributed by atoms with van der Waals surface area (Å²) in [6, 6.07) is 17.4. The lowest BCUT2D eigenvalue weighted by molar-refractivity contribution is -0.118. The Kier molecular flexibility index (Phi) is 4.12. The van der Waals surface area contributed by atoms with Gasteiger partial charge in [0.25, 0.3) is 0 Å². The summed E-state index contributed by atoms with van der Waals surface area (Å²) in [6.07, 6.45) is 2.93. The first kappa shape index (κ1) is 15.5. The second kappa shape index (κ2) is 6.38. The van der Waals surface area contributed by atoms with Crippen LogP contribution in [0.5, 0.6) is 0 Å². The van der Waals surface area contributed by atoms with Crippen LogP contribution >= 0.6 is 0 Å². The van der Waals surface area contributed by atoms with E-state index in [-0.39, 0.29) is 11.1 Å². The Labute approximate surface area is 138 Å². The van der Waals surface area contributed by atoms with Gasteiger partial charge in [-0.1, -0.05) is 66.7 Å². The van der Waals surface area contributed by atoms with Crippen LogP contribution in [0.3, 0.4) is 0 Å². The molecule has 2 N–H and O–H groups in total. The van der Waals surface area contributed by atoms with Gasteiger partial charge in [-0.3, -0.25) is 9.59 Å². The fourth-order valence-electron chi connectivity index (χ4n) is 2.47. The molecular formula is C20H14O4. The van der Waals surface area contributed by atoms with Crippen LogP contribution in [0.25, 0.3) is 11.6 Å². The number of ketones is 2. The van der Waals surface area contributed by atoms with Crippen molar-refractivity contribution in [3.05, 3.63) is 95.0 Å². The molecule has 1 aliphatic rings. The molecule has 0 radical (unpaired) electrons. The van der Waals surface area contributed by atoms with E-state index in [1.54, 1.807) is 36.4 Å². The number of carbonyl (C=O) groups excluding carboxylic acids is 2. The van der Waals surface area contributed by atoms with Crippen LogP contribution in [0, 0.1) is 0 Å². The Morgan fingerprint density at radius 2 is 1.25 bits per heavy atom. The largest absolute Gasteiger partial charge is 0.504 e. The van der Waals surface area contributed by atoms with Crippen molar-refractivity contribution < 1.29 is 19.8 Å². The van der Waals surface area contributed by atoms with Crippen LogP contribution in [0.1, 0.15) is 11.1 Å². The zero-order valence-corrected chi connectivity index (χ0v) is 12.6. The minimum Gasteiger partial charge on any atom is -0.504 e. The summed E-state index contributed by atoms with van der Waals surface area (Å²) >= 11 is 0. The second-order valence-corrected chi connectivity index (χ2v) is 5.25. The Hall–Kier alpha value is -3.40. The molecule has 4 heteroatoms. The number of hydrogen-bond donors (Lipinski definition) is 2. The number of benzene rings is 2. The van der Waals surface area contributed by atoms with Gasteiger partial charge in [0.2, 0.25) is 11.6 Å². The van der Waals surface area contributed by atoms with Gasteiger partial charge in [0, 0.05) is 0 Å². The number of aliphatic hydroxyl groups is 2. The molecule has 24 heavy (non-hydrogen) atoms. The predicted octanol–water partition coefficient (Wildman–Crippen LogP) is 3.63. The predicted molar refractivity (Wildman–Crippen MR) is 91.1 cm³/mol. The smallest absolute Gasteiger partial charge is 0.232 e. The number of carbonyl (C=O) groups is 2. The molecule has 2 aromatic carbocycles. The lowest BCUT2D eigenvalue weighted by Crippen LogP contribution is -2.22. The highest BCUT2D eigenvalue weighted by Gasteiger charge is 2.34. The molecule has 0 unspecified atom stereocenters. The van der Waals surface area contributed by atoms with E-state index < -0.39 is 23.1 Å². The Balaban J connectivity index is 2.00. The van der Waals surface area contributed by atoms with E-state index in [4.69, 9.17) is 0 Å². The molecule has 2 aromatic rings. The van der Waals surface area contributed by atoms with Crippen molar-refractivity contribution in [1.82, 2.24) is 0 Å². The van der Waals surface area contributed by atoms with Crippen LogP contribution in [0.15, 0.2) is 83.8 Å². The maximum absolute atomic E-state index is 12.4. The molecule has 0 saturated heterocycles. The summed E-state index contributed by atoms with van der Waals surface area (Å²) in [7, 11) is 0. The maximum atomic E-state index is 12.4. The minimum absolute atomic E-state index is 0.185. The summed E-state index contributed by atoms with van der Waals surface area (Å²) in [6.45, 7) is 0. The molecule has 118 valence electrons. The molecule has 4 nitrogen and oxygen atoms in total. The second-order valence-electron chi connectivity index (χ2n) is 5.25. The molecule has 0 bridgehead atoms. The SMILES string of the molecule is O=C1C(O)=C(c2ccccc2)C(=O)C(O)=C1/C=C/c1ccccc1. The molecule has 1 aliphatic carbocycles. The fourth-order valence-corrected chi connectivity index (χ4v) is 2.47. The molecule has 0 aromatic heterocycles. The van der Waals surface area contributed by atoms with Gasteiger partial charge in [0.15, 0.2) is 11.5 Å². The summed E-state index contributed by atoms with van der Waals surface area (Å²) in [5.74, 6) is -2.87. The number of aliphatic hydroxyl groups excluding tert-OH is 2. The van der Waals surface area contributed by atoms with E-state index in [2.05, 4.69) is 0 Å². The van der Waals surface area contributed by atoms with E-state index in [1.807, 2.05) is 30.3 Å². The summed E-state index contributed by atoms with van der Waals surface area (Å²) in [5.41, 5.74) is 0.775. The zero-order chi connectivity index (χ0) is 17.1. The van der Waals surface area contributed by atoms with Gasteiger partial charge in [-0.25, -0.2) is 0 Å². The zero-order valence-electron chi connectivity index (χ0n) is 12.6. The summed E-state index contributed by atoms with van der Waals surface area (Å²) < 4.78 is 0. The normalized spacial score (nSPS) is 15.5. The number of hydrogen-bond acceptors (Lipinski definition) is 4. The van der Waals surface area contributed by atoms with Crippen molar-refractivity contribution in [3.63, 3.8) is 0 Å². The van der Waals surface area contributed by atoms with E-state index in [0.29, 0.717) is 5.56 Å². The average Bonchev–Trinajstić information content (AvgIpc) is 2.62. The highest BCUT2D eigenvalue weighted by Crippen LogP contribution is 2.30. The first-order chi connectivity index (χ1) is 11.6. The van der Waals surface area contributed by atoms with Crippen molar-refractivity contribution in [1.29, 1.82) is 0 Å². The highest BCUT2D eigenvalue weighted by atomic mass is 16.3. The van der Waals surface area contributed by atoms with Gasteiger partial charge in [-0.15, -0.1) is 0 Å². The molecule has 0 atom stereocenters. The quantitative estimate of drug-likeness (QED) is 0.847. The number of rotatable bonds is 3. The Morgan fingerprint density at radius 3 is 1.88 bits per heavy atom. The first-order valence-corrected chi connectivity index (χ1v) is 7.34. The van der Waals surface area contributed by atoms with Crippen molar-refractivity contribution in [2.24, 2.45) is 0 Å². The third-order valence-corrected chi connectivity index (χ3v) is 3.70. The summed E-state index contributed by atoms with van der Waals surface area (Å²) in [5, 5.41) is 20.3. The van der Waals surface area contributed by atoms with Gasteiger partial charge in [0.05, 0.1) is 11.1 Å². The van der Waals surface area contributed by atoms with E-state index >= 15 is 0 Å². The summed E-state index contributed by atoms with van der Waals surface area (Å²) in [4.78, 5) is 24.7. The number of Topliss-reactive ketones (excluding diaryl/α,β-unsaturated/α-hetero) is 2. The lowest BCUT2D eigenvalue weighted by atomic mass is 9.89. The highest BCUT2D eigenvalue weighted by molar-refractivity contribution is 6.38. The maximum Gasteiger partial charge on any atom is 0.232 e. The molecule has 3 rings (SSSR count). The van der Waals surface area contributed by atoms with E-state index in [0.717, 1.165) is 5.56 Å².